The number of hydrogen-bond donors (Lipinski definition) is 0. The standard InChI is InChI=1S/C22H25F2N5OS/c1-14-19(30-13-25-14)20-26-27-21(28(20)2)31-9-3-7-29-8-6-22(12-29)11-17(22)16-5-4-15(23)10-18(16)24/h4-5,10,13,17H,3,6-9,11-12H2,1-2H3/t17-,22-/m1/s1. The number of halogens is 2. The molecule has 0 N–H and O–H groups in total. The summed E-state index contributed by atoms with van der Waals surface area (Å²) in [6.45, 7) is 4.94. The lowest BCUT2D eigenvalue weighted by Crippen LogP contribution is -2.23. The first-order valence-electron chi connectivity index (χ1n) is 10.6. The van der Waals surface area contributed by atoms with E-state index in [-0.39, 0.29) is 11.3 Å². The normalized spacial score (nSPS) is 23.2. The molecule has 1 saturated carbocycles. The third-order valence-corrected chi connectivity index (χ3v) is 7.73. The van der Waals surface area contributed by atoms with E-state index in [2.05, 4.69) is 20.1 Å². The van der Waals surface area contributed by atoms with Crippen LogP contribution in [0.2, 0.25) is 0 Å². The zero-order chi connectivity index (χ0) is 21.6. The molecular weight excluding hydrogens is 420 g/mol. The van der Waals surface area contributed by atoms with E-state index in [0.717, 1.165) is 61.6 Å². The summed E-state index contributed by atoms with van der Waals surface area (Å²) >= 11 is 1.69. The molecule has 1 aliphatic heterocycles. The molecule has 2 aliphatic rings. The molecule has 5 rings (SSSR count). The van der Waals surface area contributed by atoms with Gasteiger partial charge >= 0.3 is 0 Å². The highest BCUT2D eigenvalue weighted by Gasteiger charge is 2.58. The first kappa shape index (κ1) is 20.6. The fraction of sp³-hybridized carbons (Fsp3) is 0.500. The van der Waals surface area contributed by atoms with Gasteiger partial charge in [0.05, 0.1) is 5.69 Å². The van der Waals surface area contributed by atoms with Gasteiger partial charge in [-0.15, -0.1) is 10.2 Å². The quantitative estimate of drug-likeness (QED) is 0.396. The van der Waals surface area contributed by atoms with Gasteiger partial charge in [-0.05, 0) is 62.2 Å². The first-order valence-corrected chi connectivity index (χ1v) is 11.6. The Labute approximate surface area is 184 Å². The van der Waals surface area contributed by atoms with Crippen molar-refractivity contribution in [3.63, 3.8) is 0 Å². The number of benzene rings is 1. The van der Waals surface area contributed by atoms with Crippen LogP contribution in [0.5, 0.6) is 0 Å². The Morgan fingerprint density at radius 1 is 1.29 bits per heavy atom. The smallest absolute Gasteiger partial charge is 0.202 e. The third kappa shape index (κ3) is 3.89. The average molecular weight is 446 g/mol. The molecule has 31 heavy (non-hydrogen) atoms. The van der Waals surface area contributed by atoms with Crippen LogP contribution >= 0.6 is 11.8 Å². The Balaban J connectivity index is 1.11. The summed E-state index contributed by atoms with van der Waals surface area (Å²) < 4.78 is 34.7. The van der Waals surface area contributed by atoms with Crippen molar-refractivity contribution in [3.8, 4) is 11.6 Å². The van der Waals surface area contributed by atoms with Crippen LogP contribution < -0.4 is 0 Å². The van der Waals surface area contributed by atoms with Crippen molar-refractivity contribution < 1.29 is 13.2 Å². The van der Waals surface area contributed by atoms with Crippen LogP contribution in [-0.4, -0.2) is 50.0 Å². The number of aryl methyl sites for hydroxylation is 1. The fourth-order valence-electron chi connectivity index (χ4n) is 4.80. The van der Waals surface area contributed by atoms with E-state index in [0.29, 0.717) is 17.1 Å². The van der Waals surface area contributed by atoms with E-state index in [1.807, 2.05) is 18.5 Å². The third-order valence-electron chi connectivity index (χ3n) is 6.63. The number of oxazole rings is 1. The van der Waals surface area contributed by atoms with Gasteiger partial charge in [0.25, 0.3) is 0 Å². The van der Waals surface area contributed by atoms with Gasteiger partial charge in [0.2, 0.25) is 5.82 Å². The Kier molecular flexibility index (Phi) is 5.34. The molecule has 0 unspecified atom stereocenters. The summed E-state index contributed by atoms with van der Waals surface area (Å²) in [6, 6.07) is 4.00. The molecule has 0 bridgehead atoms. The molecule has 9 heteroatoms. The van der Waals surface area contributed by atoms with Gasteiger partial charge < -0.3 is 13.9 Å². The number of likely N-dealkylation sites (tertiary alicyclic amines) is 1. The number of thioether (sulfide) groups is 1. The van der Waals surface area contributed by atoms with Gasteiger partial charge in [-0.1, -0.05) is 17.8 Å². The highest BCUT2D eigenvalue weighted by Crippen LogP contribution is 2.64. The van der Waals surface area contributed by atoms with Crippen molar-refractivity contribution in [2.45, 2.75) is 37.3 Å². The molecule has 1 saturated heterocycles. The maximum absolute atomic E-state index is 14.2. The van der Waals surface area contributed by atoms with E-state index in [4.69, 9.17) is 4.42 Å². The lowest BCUT2D eigenvalue weighted by atomic mass is 9.98. The van der Waals surface area contributed by atoms with E-state index < -0.39 is 11.6 Å². The summed E-state index contributed by atoms with van der Waals surface area (Å²) in [7, 11) is 1.94. The number of nitrogens with zero attached hydrogens (tertiary/aromatic N) is 5. The van der Waals surface area contributed by atoms with Crippen LogP contribution in [0.1, 0.15) is 36.4 Å². The molecule has 0 amide bonds. The van der Waals surface area contributed by atoms with Crippen LogP contribution in [0.25, 0.3) is 11.6 Å². The largest absolute Gasteiger partial charge is 0.440 e. The molecule has 1 aliphatic carbocycles. The molecule has 3 aromatic rings. The molecule has 164 valence electrons. The van der Waals surface area contributed by atoms with E-state index in [1.54, 1.807) is 17.8 Å². The van der Waals surface area contributed by atoms with Crippen LogP contribution in [0.3, 0.4) is 0 Å². The highest BCUT2D eigenvalue weighted by molar-refractivity contribution is 7.99. The second-order valence-electron chi connectivity index (χ2n) is 8.65. The van der Waals surface area contributed by atoms with E-state index in [9.17, 15) is 8.78 Å². The maximum Gasteiger partial charge on any atom is 0.202 e. The minimum Gasteiger partial charge on any atom is -0.440 e. The summed E-state index contributed by atoms with van der Waals surface area (Å²) in [5, 5.41) is 9.39. The SMILES string of the molecule is Cc1ncoc1-c1nnc(SCCCN2CC[C@@]3(C[C@@H]3c3ccc(F)cc3F)C2)n1C. The Bertz CT molecular complexity index is 1100. The highest BCUT2D eigenvalue weighted by atomic mass is 32.2. The second kappa shape index (κ2) is 8.02. The molecular formula is C22H25F2N5OS. The van der Waals surface area contributed by atoms with E-state index in [1.165, 1.54) is 12.5 Å². The minimum atomic E-state index is -0.507. The van der Waals surface area contributed by atoms with E-state index >= 15 is 0 Å². The van der Waals surface area contributed by atoms with Crippen molar-refractivity contribution in [1.29, 1.82) is 0 Å². The molecule has 6 nitrogen and oxygen atoms in total. The maximum atomic E-state index is 14.2. The fourth-order valence-corrected chi connectivity index (χ4v) is 5.64. The topological polar surface area (TPSA) is 60.0 Å². The van der Waals surface area contributed by atoms with Gasteiger partial charge in [-0.25, -0.2) is 13.8 Å². The molecule has 2 fully saturated rings. The van der Waals surface area contributed by atoms with Crippen LogP contribution in [0.15, 0.2) is 34.2 Å². The number of hydrogen-bond acceptors (Lipinski definition) is 6. The molecule has 1 spiro atoms. The lowest BCUT2D eigenvalue weighted by Gasteiger charge is -2.16. The number of aromatic nitrogens is 4. The summed E-state index contributed by atoms with van der Waals surface area (Å²) in [4.78, 5) is 6.59. The van der Waals surface area contributed by atoms with Gasteiger partial charge in [0.15, 0.2) is 17.3 Å². The number of rotatable bonds is 7. The van der Waals surface area contributed by atoms with Crippen LogP contribution in [0, 0.1) is 24.0 Å². The lowest BCUT2D eigenvalue weighted by molar-refractivity contribution is 0.319. The average Bonchev–Trinajstić information content (AvgIpc) is 3.04. The molecule has 2 atom stereocenters. The monoisotopic (exact) mass is 445 g/mol. The Morgan fingerprint density at radius 3 is 2.94 bits per heavy atom. The predicted octanol–water partition coefficient (Wildman–Crippen LogP) is 4.42. The molecule has 0 radical (unpaired) electrons. The summed E-state index contributed by atoms with van der Waals surface area (Å²) in [6.07, 6.45) is 4.55. The molecule has 2 aromatic heterocycles. The van der Waals surface area contributed by atoms with Crippen molar-refractivity contribution in [3.05, 3.63) is 47.5 Å². The van der Waals surface area contributed by atoms with Crippen LogP contribution in [0.4, 0.5) is 8.78 Å². The zero-order valence-electron chi connectivity index (χ0n) is 17.6. The van der Waals surface area contributed by atoms with Gasteiger partial charge in [-0.2, -0.15) is 0 Å². The Hall–Kier alpha value is -2.26. The second-order valence-corrected chi connectivity index (χ2v) is 9.71. The van der Waals surface area contributed by atoms with Gasteiger partial charge in [0, 0.05) is 25.4 Å². The van der Waals surface area contributed by atoms with Crippen molar-refractivity contribution in [2.75, 3.05) is 25.4 Å². The van der Waals surface area contributed by atoms with Crippen molar-refractivity contribution in [2.24, 2.45) is 12.5 Å². The molecule has 1 aromatic carbocycles. The van der Waals surface area contributed by atoms with Crippen LogP contribution in [-0.2, 0) is 7.05 Å². The zero-order valence-corrected chi connectivity index (χ0v) is 18.5. The first-order chi connectivity index (χ1) is 15.0. The minimum absolute atomic E-state index is 0.180. The molecule has 3 heterocycles. The van der Waals surface area contributed by atoms with Gasteiger partial charge in [0.1, 0.15) is 11.6 Å². The summed E-state index contributed by atoms with van der Waals surface area (Å²) in [5.74, 6) is 1.60. The summed E-state index contributed by atoms with van der Waals surface area (Å²) in [5.41, 5.74) is 1.66. The predicted molar refractivity (Wildman–Crippen MR) is 114 cm³/mol. The Morgan fingerprint density at radius 2 is 2.16 bits per heavy atom. The van der Waals surface area contributed by atoms with Gasteiger partial charge in [-0.3, -0.25) is 0 Å². The van der Waals surface area contributed by atoms with Crippen molar-refractivity contribution in [1.82, 2.24) is 24.6 Å². The van der Waals surface area contributed by atoms with Crippen molar-refractivity contribution >= 4 is 11.8 Å².